The van der Waals surface area contributed by atoms with Gasteiger partial charge in [0.15, 0.2) is 5.78 Å². The van der Waals surface area contributed by atoms with Crippen LogP contribution >= 0.6 is 0 Å². The summed E-state index contributed by atoms with van der Waals surface area (Å²) < 4.78 is 0. The Morgan fingerprint density at radius 3 is 1.95 bits per heavy atom. The number of carboxylic acids is 2. The van der Waals surface area contributed by atoms with Gasteiger partial charge in [-0.15, -0.1) is 0 Å². The van der Waals surface area contributed by atoms with E-state index in [4.69, 9.17) is 15.9 Å². The quantitative estimate of drug-likeness (QED) is 0.244. The highest BCUT2D eigenvalue weighted by molar-refractivity contribution is 6.37. The summed E-state index contributed by atoms with van der Waals surface area (Å²) in [5.74, 6) is -4.30. The topological polar surface area (TPSA) is 161 Å². The zero-order chi connectivity index (χ0) is 15.7. The van der Waals surface area contributed by atoms with Crippen molar-refractivity contribution in [2.45, 2.75) is 6.42 Å². The Bertz CT molecular complexity index is 526. The molecular formula is C12H14N2O6. The third-order valence-electron chi connectivity index (χ3n) is 2.00. The first-order chi connectivity index (χ1) is 9.29. The van der Waals surface area contributed by atoms with Crippen molar-refractivity contribution in [3.05, 3.63) is 29.8 Å². The van der Waals surface area contributed by atoms with Crippen LogP contribution in [0.2, 0.25) is 0 Å². The van der Waals surface area contributed by atoms with Gasteiger partial charge in [-0.2, -0.15) is 0 Å². The summed E-state index contributed by atoms with van der Waals surface area (Å²) in [4.78, 5) is 41.7. The number of rotatable bonds is 5. The maximum absolute atomic E-state index is 11.4. The van der Waals surface area contributed by atoms with Crippen LogP contribution in [0.15, 0.2) is 24.3 Å². The van der Waals surface area contributed by atoms with Crippen molar-refractivity contribution in [1.82, 2.24) is 0 Å². The fourth-order valence-electron chi connectivity index (χ4n) is 1.07. The average Bonchev–Trinajstić information content (AvgIpc) is 2.39. The molecule has 0 bridgehead atoms. The van der Waals surface area contributed by atoms with Crippen LogP contribution in [-0.2, 0) is 14.4 Å². The van der Waals surface area contributed by atoms with Gasteiger partial charge in [0, 0.05) is 11.3 Å². The largest absolute Gasteiger partial charge is 0.480 e. The Kier molecular flexibility index (Phi) is 7.23. The molecular weight excluding hydrogens is 268 g/mol. The number of anilines is 1. The van der Waals surface area contributed by atoms with Crippen LogP contribution in [0, 0.1) is 0 Å². The van der Waals surface area contributed by atoms with E-state index in [1.807, 2.05) is 0 Å². The van der Waals surface area contributed by atoms with Crippen molar-refractivity contribution in [1.29, 1.82) is 0 Å². The molecule has 8 heteroatoms. The van der Waals surface area contributed by atoms with E-state index < -0.39 is 29.9 Å². The fourth-order valence-corrected chi connectivity index (χ4v) is 1.07. The molecule has 108 valence electrons. The second-order valence-electron chi connectivity index (χ2n) is 3.51. The number of hydrogen-bond acceptors (Lipinski definition) is 6. The Balaban J connectivity index is 0.000000621. The first-order valence-corrected chi connectivity index (χ1v) is 5.35. The summed E-state index contributed by atoms with van der Waals surface area (Å²) >= 11 is 0. The molecule has 1 aromatic rings. The van der Waals surface area contributed by atoms with Gasteiger partial charge < -0.3 is 21.7 Å². The third kappa shape index (κ3) is 6.26. The van der Waals surface area contributed by atoms with E-state index >= 15 is 0 Å². The number of nitrogens with two attached hydrogens (primary N) is 2. The van der Waals surface area contributed by atoms with Gasteiger partial charge >= 0.3 is 11.9 Å². The molecule has 8 nitrogen and oxygen atoms in total. The number of ketones is 2. The predicted molar refractivity (Wildman–Crippen MR) is 69.1 cm³/mol. The van der Waals surface area contributed by atoms with Gasteiger partial charge in [0.05, 0.1) is 13.0 Å². The van der Waals surface area contributed by atoms with Gasteiger partial charge in [-0.3, -0.25) is 14.4 Å². The van der Waals surface area contributed by atoms with Gasteiger partial charge in [0.1, 0.15) is 0 Å². The fraction of sp³-hybridized carbons (Fsp3) is 0.167. The summed E-state index contributed by atoms with van der Waals surface area (Å²) in [5, 5.41) is 15.9. The SMILES string of the molecule is NCC(=O)O.Nc1ccccc1C(=O)CC(=O)C(=O)O. The molecule has 1 rings (SSSR count). The molecule has 0 atom stereocenters. The minimum absolute atomic E-state index is 0.173. The lowest BCUT2D eigenvalue weighted by Gasteiger charge is -2.01. The highest BCUT2D eigenvalue weighted by Crippen LogP contribution is 2.12. The van der Waals surface area contributed by atoms with Crippen molar-refractivity contribution in [3.8, 4) is 0 Å². The van der Waals surface area contributed by atoms with Gasteiger partial charge in [-0.25, -0.2) is 4.79 Å². The van der Waals surface area contributed by atoms with Crippen LogP contribution in [-0.4, -0.2) is 40.3 Å². The number of para-hydroxylation sites is 1. The molecule has 6 N–H and O–H groups in total. The summed E-state index contributed by atoms with van der Waals surface area (Å²) in [5.41, 5.74) is 10.5. The lowest BCUT2D eigenvalue weighted by atomic mass is 10.0. The van der Waals surface area contributed by atoms with Crippen molar-refractivity contribution in [3.63, 3.8) is 0 Å². The van der Waals surface area contributed by atoms with Crippen LogP contribution in [0.25, 0.3) is 0 Å². The summed E-state index contributed by atoms with van der Waals surface area (Å²) in [6.07, 6.45) is -0.663. The van der Waals surface area contributed by atoms with Crippen LogP contribution in [0.1, 0.15) is 16.8 Å². The van der Waals surface area contributed by atoms with E-state index in [1.54, 1.807) is 12.1 Å². The number of hydrogen-bond donors (Lipinski definition) is 4. The Morgan fingerprint density at radius 1 is 1.05 bits per heavy atom. The summed E-state index contributed by atoms with van der Waals surface area (Å²) in [6, 6.07) is 6.20. The molecule has 0 fully saturated rings. The summed E-state index contributed by atoms with van der Waals surface area (Å²) in [6.45, 7) is -0.278. The number of nitrogen functional groups attached to an aromatic ring is 1. The molecule has 0 aliphatic rings. The van der Waals surface area contributed by atoms with Crippen molar-refractivity contribution in [2.75, 3.05) is 12.3 Å². The number of carbonyl (C=O) groups is 4. The number of carbonyl (C=O) groups excluding carboxylic acids is 2. The Morgan fingerprint density at radius 2 is 1.55 bits per heavy atom. The molecule has 0 unspecified atom stereocenters. The molecule has 1 aromatic carbocycles. The molecule has 0 aliphatic carbocycles. The lowest BCUT2D eigenvalue weighted by molar-refractivity contribution is -0.148. The predicted octanol–water partition coefficient (Wildman–Crippen LogP) is -0.475. The second kappa shape index (κ2) is 8.38. The molecule has 0 aromatic heterocycles. The van der Waals surface area contributed by atoms with E-state index in [0.717, 1.165) is 0 Å². The standard InChI is InChI=1S/C10H9NO4.C2H5NO2/c11-7-4-2-1-3-6(7)8(12)5-9(13)10(14)15;3-1-2(4)5/h1-4H,5,11H2,(H,14,15);1,3H2,(H,4,5). The van der Waals surface area contributed by atoms with Gasteiger partial charge in [-0.05, 0) is 12.1 Å². The maximum Gasteiger partial charge on any atom is 0.372 e. The van der Waals surface area contributed by atoms with E-state index in [0.29, 0.717) is 0 Å². The van der Waals surface area contributed by atoms with E-state index in [9.17, 15) is 19.2 Å². The lowest BCUT2D eigenvalue weighted by Crippen LogP contribution is -2.17. The normalized spacial score (nSPS) is 9.05. The minimum Gasteiger partial charge on any atom is -0.480 e. The van der Waals surface area contributed by atoms with E-state index in [2.05, 4.69) is 5.73 Å². The molecule has 0 spiro atoms. The van der Waals surface area contributed by atoms with Crippen LogP contribution in [0.4, 0.5) is 5.69 Å². The zero-order valence-corrected chi connectivity index (χ0v) is 10.4. The maximum atomic E-state index is 11.4. The van der Waals surface area contributed by atoms with E-state index in [-0.39, 0.29) is 17.8 Å². The molecule has 20 heavy (non-hydrogen) atoms. The summed E-state index contributed by atoms with van der Waals surface area (Å²) in [7, 11) is 0. The monoisotopic (exact) mass is 282 g/mol. The van der Waals surface area contributed by atoms with Crippen molar-refractivity contribution < 1.29 is 29.4 Å². The van der Waals surface area contributed by atoms with Crippen LogP contribution < -0.4 is 11.5 Å². The highest BCUT2D eigenvalue weighted by Gasteiger charge is 2.18. The second-order valence-corrected chi connectivity index (χ2v) is 3.51. The number of Topliss-reactive ketones (excluding diaryl/α,β-unsaturated/α-hetero) is 2. The molecule has 0 amide bonds. The average molecular weight is 282 g/mol. The third-order valence-corrected chi connectivity index (χ3v) is 2.00. The minimum atomic E-state index is -1.61. The van der Waals surface area contributed by atoms with Crippen molar-refractivity contribution >= 4 is 29.2 Å². The molecule has 0 aliphatic heterocycles. The smallest absolute Gasteiger partial charge is 0.372 e. The Hall–Kier alpha value is -2.74. The van der Waals surface area contributed by atoms with Crippen LogP contribution in [0.3, 0.4) is 0 Å². The first kappa shape index (κ1) is 17.3. The number of benzene rings is 1. The molecule has 0 saturated heterocycles. The van der Waals surface area contributed by atoms with E-state index in [1.165, 1.54) is 12.1 Å². The zero-order valence-electron chi connectivity index (χ0n) is 10.4. The van der Waals surface area contributed by atoms with Gasteiger partial charge in [-0.1, -0.05) is 12.1 Å². The van der Waals surface area contributed by atoms with Crippen molar-refractivity contribution in [2.24, 2.45) is 5.73 Å². The Labute approximate surface area is 114 Å². The van der Waals surface area contributed by atoms with Crippen LogP contribution in [0.5, 0.6) is 0 Å². The molecule has 0 heterocycles. The number of aliphatic carboxylic acids is 2. The first-order valence-electron chi connectivity index (χ1n) is 5.35. The molecule has 0 saturated carbocycles. The molecule has 0 radical (unpaired) electrons. The van der Waals surface area contributed by atoms with Gasteiger partial charge in [0.25, 0.3) is 0 Å². The number of carboxylic acid groups (broad SMARTS) is 2. The highest BCUT2D eigenvalue weighted by atomic mass is 16.4. The van der Waals surface area contributed by atoms with Gasteiger partial charge in [0.2, 0.25) is 5.78 Å².